The van der Waals surface area contributed by atoms with Crippen LogP contribution in [0.5, 0.6) is 11.5 Å². The molecule has 2 atom stereocenters. The van der Waals surface area contributed by atoms with E-state index in [2.05, 4.69) is 0 Å². The summed E-state index contributed by atoms with van der Waals surface area (Å²) in [5, 5.41) is 9.07. The number of ether oxygens (including phenoxy) is 2. The Bertz CT molecular complexity index is 1280. The molecule has 35 heavy (non-hydrogen) atoms. The van der Waals surface area contributed by atoms with E-state index in [-0.39, 0.29) is 36.5 Å². The van der Waals surface area contributed by atoms with E-state index < -0.39 is 29.6 Å². The van der Waals surface area contributed by atoms with E-state index in [1.165, 1.54) is 24.3 Å². The molecule has 0 saturated carbocycles. The van der Waals surface area contributed by atoms with E-state index in [0.29, 0.717) is 35.5 Å². The van der Waals surface area contributed by atoms with Crippen molar-refractivity contribution >= 4 is 5.97 Å². The third-order valence-electron chi connectivity index (χ3n) is 6.67. The predicted octanol–water partition coefficient (Wildman–Crippen LogP) is 6.45. The molecular weight excluding hydrogens is 464 g/mol. The third kappa shape index (κ3) is 4.57. The van der Waals surface area contributed by atoms with Crippen molar-refractivity contribution < 1.29 is 36.9 Å². The first kappa shape index (κ1) is 23.2. The maximum absolute atomic E-state index is 14.3. The van der Waals surface area contributed by atoms with Gasteiger partial charge in [0, 0.05) is 24.0 Å². The lowest BCUT2D eigenvalue weighted by molar-refractivity contribution is -0.138. The van der Waals surface area contributed by atoms with Gasteiger partial charge in [-0.1, -0.05) is 30.3 Å². The van der Waals surface area contributed by atoms with Gasteiger partial charge in [-0.15, -0.1) is 0 Å². The number of fused-ring (bicyclic) bond motifs is 2. The van der Waals surface area contributed by atoms with Crippen molar-refractivity contribution in [3.63, 3.8) is 0 Å². The Balaban J connectivity index is 1.44. The fourth-order valence-electron chi connectivity index (χ4n) is 5.04. The summed E-state index contributed by atoms with van der Waals surface area (Å²) in [5.74, 6) is -0.625. The maximum atomic E-state index is 14.3. The number of carboxylic acid groups (broad SMARTS) is 1. The normalized spacial score (nSPS) is 18.6. The summed E-state index contributed by atoms with van der Waals surface area (Å²) in [7, 11) is 0. The zero-order chi connectivity index (χ0) is 24.7. The van der Waals surface area contributed by atoms with Gasteiger partial charge in [0.2, 0.25) is 0 Å². The predicted molar refractivity (Wildman–Crippen MR) is 119 cm³/mol. The van der Waals surface area contributed by atoms with Gasteiger partial charge in [0.05, 0.1) is 18.6 Å². The number of carbonyl (C=O) groups is 1. The van der Waals surface area contributed by atoms with Crippen LogP contribution in [0.1, 0.15) is 58.2 Å². The summed E-state index contributed by atoms with van der Waals surface area (Å²) in [5.41, 5.74) is 1.55. The second-order valence-corrected chi connectivity index (χ2v) is 8.88. The summed E-state index contributed by atoms with van der Waals surface area (Å²) >= 11 is 0. The number of hydrogen-bond donors (Lipinski definition) is 1. The summed E-state index contributed by atoms with van der Waals surface area (Å²) < 4.78 is 67.5. The summed E-state index contributed by atoms with van der Waals surface area (Å²) in [6, 6.07) is 13.6. The molecule has 1 aliphatic heterocycles. The number of carboxylic acids is 1. The largest absolute Gasteiger partial charge is 0.492 e. The molecule has 4 nitrogen and oxygen atoms in total. The Labute approximate surface area is 199 Å². The number of alkyl halides is 3. The van der Waals surface area contributed by atoms with Crippen molar-refractivity contribution in [1.29, 1.82) is 0 Å². The lowest BCUT2D eigenvalue weighted by Crippen LogP contribution is -2.13. The van der Waals surface area contributed by atoms with Crippen LogP contribution < -0.4 is 9.47 Å². The second-order valence-electron chi connectivity index (χ2n) is 8.88. The van der Waals surface area contributed by atoms with Gasteiger partial charge in [0.1, 0.15) is 23.4 Å². The van der Waals surface area contributed by atoms with Gasteiger partial charge >= 0.3 is 12.1 Å². The van der Waals surface area contributed by atoms with Gasteiger partial charge in [0.25, 0.3) is 0 Å². The van der Waals surface area contributed by atoms with Gasteiger partial charge in [-0.25, -0.2) is 4.39 Å². The van der Waals surface area contributed by atoms with Crippen LogP contribution in [0.2, 0.25) is 0 Å². The van der Waals surface area contributed by atoms with Crippen LogP contribution in [0, 0.1) is 5.82 Å². The summed E-state index contributed by atoms with van der Waals surface area (Å²) in [4.78, 5) is 11.1. The Hall–Kier alpha value is -3.55. The van der Waals surface area contributed by atoms with Crippen molar-refractivity contribution in [3.8, 4) is 11.5 Å². The molecule has 0 saturated heterocycles. The first-order chi connectivity index (χ1) is 16.7. The van der Waals surface area contributed by atoms with Crippen molar-refractivity contribution in [2.75, 3.05) is 6.61 Å². The molecule has 0 fully saturated rings. The average molecular weight is 486 g/mol. The minimum atomic E-state index is -4.56. The van der Waals surface area contributed by atoms with Gasteiger partial charge in [-0.3, -0.25) is 4.79 Å². The molecule has 1 aliphatic carbocycles. The number of rotatable bonds is 6. The van der Waals surface area contributed by atoms with Crippen LogP contribution in [0.15, 0.2) is 54.6 Å². The minimum absolute atomic E-state index is 0.0322. The molecule has 3 aromatic carbocycles. The highest BCUT2D eigenvalue weighted by Crippen LogP contribution is 2.44. The maximum Gasteiger partial charge on any atom is 0.416 e. The molecule has 0 amide bonds. The highest BCUT2D eigenvalue weighted by atomic mass is 19.4. The molecule has 182 valence electrons. The Morgan fingerprint density at radius 3 is 2.60 bits per heavy atom. The van der Waals surface area contributed by atoms with Gasteiger partial charge in [-0.2, -0.15) is 13.2 Å². The van der Waals surface area contributed by atoms with E-state index in [1.807, 2.05) is 0 Å². The van der Waals surface area contributed by atoms with Gasteiger partial charge in [-0.05, 0) is 53.3 Å². The molecule has 1 N–H and O–H groups in total. The molecule has 3 aromatic rings. The van der Waals surface area contributed by atoms with Crippen molar-refractivity contribution in [2.24, 2.45) is 0 Å². The SMILES string of the molecule is O=C(O)CC1COc2cc(OC3CCc4c3ccc(C(F)(F)F)c4Cc3ccccc3F)ccc21. The number of benzene rings is 3. The van der Waals surface area contributed by atoms with Gasteiger partial charge in [0.15, 0.2) is 0 Å². The van der Waals surface area contributed by atoms with E-state index in [4.69, 9.17) is 14.6 Å². The average Bonchev–Trinajstić information content (AvgIpc) is 3.38. The van der Waals surface area contributed by atoms with Crippen molar-refractivity contribution in [2.45, 2.75) is 43.9 Å². The topological polar surface area (TPSA) is 55.8 Å². The summed E-state index contributed by atoms with van der Waals surface area (Å²) in [6.07, 6.45) is -4.33. The number of aliphatic carboxylic acids is 1. The van der Waals surface area contributed by atoms with Crippen molar-refractivity contribution in [1.82, 2.24) is 0 Å². The molecule has 2 unspecified atom stereocenters. The Kier molecular flexibility index (Phi) is 5.91. The van der Waals surface area contributed by atoms with E-state index >= 15 is 0 Å². The monoisotopic (exact) mass is 486 g/mol. The zero-order valence-corrected chi connectivity index (χ0v) is 18.6. The standard InChI is InChI=1S/C27H22F4O4/c28-23-4-2-1-3-15(23)11-21-19-8-10-24(20(19)7-9-22(21)27(29,30)31)35-17-5-6-18-16(12-26(32)33)14-34-25(18)13-17/h1-7,9,13,16,24H,8,10-12,14H2,(H,32,33). The number of halogens is 4. The van der Waals surface area contributed by atoms with Crippen molar-refractivity contribution in [3.05, 3.63) is 93.8 Å². The van der Waals surface area contributed by atoms with E-state index in [0.717, 1.165) is 11.6 Å². The molecule has 0 radical (unpaired) electrons. The first-order valence-corrected chi connectivity index (χ1v) is 11.3. The number of hydrogen-bond acceptors (Lipinski definition) is 3. The lowest BCUT2D eigenvalue weighted by atomic mass is 9.91. The molecule has 0 spiro atoms. The van der Waals surface area contributed by atoms with Crippen LogP contribution in [-0.4, -0.2) is 17.7 Å². The highest BCUT2D eigenvalue weighted by molar-refractivity contribution is 5.68. The Morgan fingerprint density at radius 1 is 1.09 bits per heavy atom. The molecule has 1 heterocycles. The van der Waals surface area contributed by atoms with Crippen LogP contribution in [0.25, 0.3) is 0 Å². The Morgan fingerprint density at radius 2 is 1.86 bits per heavy atom. The highest BCUT2D eigenvalue weighted by Gasteiger charge is 2.38. The quantitative estimate of drug-likeness (QED) is 0.407. The van der Waals surface area contributed by atoms with Crippen LogP contribution >= 0.6 is 0 Å². The minimum Gasteiger partial charge on any atom is -0.492 e. The van der Waals surface area contributed by atoms with Crippen LogP contribution in [0.3, 0.4) is 0 Å². The van der Waals surface area contributed by atoms with E-state index in [1.54, 1.807) is 24.3 Å². The molecule has 8 heteroatoms. The van der Waals surface area contributed by atoms with Gasteiger partial charge < -0.3 is 14.6 Å². The smallest absolute Gasteiger partial charge is 0.416 e. The lowest BCUT2D eigenvalue weighted by Gasteiger charge is -2.20. The van der Waals surface area contributed by atoms with E-state index in [9.17, 15) is 22.4 Å². The molecule has 5 rings (SSSR count). The first-order valence-electron chi connectivity index (χ1n) is 11.3. The van der Waals surface area contributed by atoms with Crippen LogP contribution in [-0.2, 0) is 23.8 Å². The zero-order valence-electron chi connectivity index (χ0n) is 18.6. The summed E-state index contributed by atoms with van der Waals surface area (Å²) in [6.45, 7) is 0.275. The molecule has 0 bridgehead atoms. The molecule has 2 aliphatic rings. The fourth-order valence-corrected chi connectivity index (χ4v) is 5.04. The molecular formula is C27H22F4O4. The third-order valence-corrected chi connectivity index (χ3v) is 6.67. The molecule has 0 aromatic heterocycles. The van der Waals surface area contributed by atoms with Crippen LogP contribution in [0.4, 0.5) is 17.6 Å². The fraction of sp³-hybridized carbons (Fsp3) is 0.296. The second kappa shape index (κ2) is 8.91.